The van der Waals surface area contributed by atoms with Gasteiger partial charge in [0.25, 0.3) is 6.20 Å². The van der Waals surface area contributed by atoms with Gasteiger partial charge in [-0.1, -0.05) is 114 Å². The van der Waals surface area contributed by atoms with Crippen LogP contribution in [-0.2, 0) is 20.8 Å². The van der Waals surface area contributed by atoms with Crippen LogP contribution in [0.25, 0.3) is 0 Å². The second-order valence-electron chi connectivity index (χ2n) is 10.6. The summed E-state index contributed by atoms with van der Waals surface area (Å²) in [5, 5.41) is 11.6. The van der Waals surface area contributed by atoms with Gasteiger partial charge in [0.15, 0.2) is 5.82 Å². The van der Waals surface area contributed by atoms with Crippen LogP contribution in [0.1, 0.15) is 122 Å². The molecule has 10 nitrogen and oxygen atoms in total. The fourth-order valence-corrected chi connectivity index (χ4v) is 4.71. The molecule has 0 saturated heterocycles. The van der Waals surface area contributed by atoms with E-state index in [1.54, 1.807) is 30.2 Å². The van der Waals surface area contributed by atoms with Gasteiger partial charge in [-0.25, -0.2) is 9.78 Å². The number of esters is 1. The number of nitrogens with zero attached hydrogens (tertiary/aromatic N) is 4. The number of amides is 1. The number of hydrogen-bond acceptors (Lipinski definition) is 8. The lowest BCUT2D eigenvalue weighted by Crippen LogP contribution is -2.37. The molecule has 0 aliphatic heterocycles. The minimum absolute atomic E-state index is 0.0200. The van der Waals surface area contributed by atoms with Crippen molar-refractivity contribution >= 4 is 23.7 Å². The van der Waals surface area contributed by atoms with Crippen molar-refractivity contribution in [3.63, 3.8) is 0 Å². The lowest BCUT2D eigenvalue weighted by molar-refractivity contribution is -0.405. The van der Waals surface area contributed by atoms with Crippen molar-refractivity contribution in [2.24, 2.45) is 0 Å². The van der Waals surface area contributed by atoms with Crippen molar-refractivity contribution in [2.75, 3.05) is 20.4 Å². The highest BCUT2D eigenvalue weighted by Gasteiger charge is 2.24. The summed E-state index contributed by atoms with van der Waals surface area (Å²) in [6, 6.07) is 3.37. The van der Waals surface area contributed by atoms with E-state index in [2.05, 4.69) is 11.9 Å². The van der Waals surface area contributed by atoms with Gasteiger partial charge in [0.2, 0.25) is 6.79 Å². The topological polar surface area (TPSA) is 115 Å². The summed E-state index contributed by atoms with van der Waals surface area (Å²) in [6.45, 7) is 4.12. The first-order valence-electron chi connectivity index (χ1n) is 15.5. The number of pyridine rings is 1. The van der Waals surface area contributed by atoms with E-state index in [-0.39, 0.29) is 18.8 Å². The van der Waals surface area contributed by atoms with Crippen molar-refractivity contribution in [2.45, 2.75) is 123 Å². The quantitative estimate of drug-likeness (QED) is 0.0286. The molecule has 42 heavy (non-hydrogen) atoms. The fraction of sp³-hybridized carbons (Fsp3) is 0.710. The molecule has 1 amide bonds. The van der Waals surface area contributed by atoms with Crippen molar-refractivity contribution in [1.29, 1.82) is 0 Å². The Kier molecular flexibility index (Phi) is 20.9. The molecule has 0 unspecified atom stereocenters. The number of hydrogen-bond donors (Lipinski definition) is 0. The second-order valence-corrected chi connectivity index (χ2v) is 11.0. The molecule has 11 heteroatoms. The zero-order valence-corrected chi connectivity index (χ0v) is 26.6. The van der Waals surface area contributed by atoms with E-state index in [0.717, 1.165) is 35.9 Å². The van der Waals surface area contributed by atoms with Gasteiger partial charge in [0, 0.05) is 32.8 Å². The summed E-state index contributed by atoms with van der Waals surface area (Å²) in [5.74, 6) is -0.418. The lowest BCUT2D eigenvalue weighted by atomic mass is 10.0. The molecule has 1 heterocycles. The highest BCUT2D eigenvalue weighted by atomic mass is 35.5. The van der Waals surface area contributed by atoms with E-state index in [4.69, 9.17) is 21.1 Å². The van der Waals surface area contributed by atoms with Crippen molar-refractivity contribution < 1.29 is 24.0 Å². The highest BCUT2D eigenvalue weighted by Crippen LogP contribution is 2.17. The van der Waals surface area contributed by atoms with Crippen LogP contribution in [0.2, 0.25) is 5.15 Å². The first-order valence-corrected chi connectivity index (χ1v) is 15.9. The van der Waals surface area contributed by atoms with Crippen LogP contribution < -0.4 is 0 Å². The predicted octanol–water partition coefficient (Wildman–Crippen LogP) is 8.46. The highest BCUT2D eigenvalue weighted by molar-refractivity contribution is 6.29. The smallest absolute Gasteiger partial charge is 0.418 e. The van der Waals surface area contributed by atoms with Gasteiger partial charge in [-0.15, -0.1) is 0 Å². The van der Waals surface area contributed by atoms with Gasteiger partial charge in [-0.2, -0.15) is 0 Å². The van der Waals surface area contributed by atoms with Gasteiger partial charge in [0.1, 0.15) is 5.15 Å². The molecular weight excluding hydrogens is 560 g/mol. The SMILES string of the molecule is CCCCCCCCCCCCCCCCCC(=O)OCOC(=O)N(C)/C(=C/[N+](=O)[O-])N(CC)Cc1ccc(Cl)nc1. The van der Waals surface area contributed by atoms with Gasteiger partial charge in [-0.05, 0) is 25.0 Å². The Balaban J connectivity index is 2.22. The van der Waals surface area contributed by atoms with Crippen molar-refractivity contribution in [3.05, 3.63) is 51.2 Å². The Labute approximate surface area is 256 Å². The largest absolute Gasteiger partial charge is 0.428 e. The number of carbonyl (C=O) groups is 2. The molecule has 0 aromatic carbocycles. The number of unbranched alkanes of at least 4 members (excludes halogenated alkanes) is 14. The zero-order valence-electron chi connectivity index (χ0n) is 25.9. The summed E-state index contributed by atoms with van der Waals surface area (Å²) in [4.78, 5) is 41.9. The molecule has 0 fully saturated rings. The maximum atomic E-state index is 12.6. The third-order valence-electron chi connectivity index (χ3n) is 7.09. The van der Waals surface area contributed by atoms with Crippen LogP contribution >= 0.6 is 11.6 Å². The van der Waals surface area contributed by atoms with E-state index in [1.807, 2.05) is 0 Å². The Bertz CT molecular complexity index is 929. The molecule has 0 saturated carbocycles. The monoisotopic (exact) mass is 610 g/mol. The molecule has 0 aliphatic rings. The normalized spacial score (nSPS) is 11.3. The standard InChI is InChI=1S/C31H51ClN4O6/c1-4-6-7-8-9-10-11-12-13-14-15-16-17-18-19-20-30(37)41-26-42-31(38)34(3)29(25-36(39)40)35(5-2)24-27-21-22-28(32)33-23-27/h21-23,25H,4-20,24,26H2,1-3H3/b29-25-. The lowest BCUT2D eigenvalue weighted by Gasteiger charge is -2.29. The van der Waals surface area contributed by atoms with E-state index >= 15 is 0 Å². The number of aromatic nitrogens is 1. The third kappa shape index (κ3) is 17.8. The molecule has 238 valence electrons. The first-order chi connectivity index (χ1) is 20.3. The number of ether oxygens (including phenoxy) is 2. The third-order valence-corrected chi connectivity index (χ3v) is 7.32. The number of nitro groups is 1. The summed E-state index contributed by atoms with van der Waals surface area (Å²) in [7, 11) is 1.36. The predicted molar refractivity (Wildman–Crippen MR) is 165 cm³/mol. The van der Waals surface area contributed by atoms with Gasteiger partial charge < -0.3 is 14.4 Å². The van der Waals surface area contributed by atoms with E-state index < -0.39 is 23.8 Å². The second kappa shape index (κ2) is 23.7. The molecular formula is C31H51ClN4O6. The summed E-state index contributed by atoms with van der Waals surface area (Å²) < 4.78 is 10.1. The number of halogens is 1. The Morgan fingerprint density at radius 3 is 1.93 bits per heavy atom. The molecule has 0 atom stereocenters. The molecule has 0 N–H and O–H groups in total. The minimum Gasteiger partial charge on any atom is -0.428 e. The first kappa shape index (κ1) is 37.1. The molecule has 1 aromatic rings. The molecule has 0 bridgehead atoms. The van der Waals surface area contributed by atoms with Crippen LogP contribution in [0, 0.1) is 10.1 Å². The zero-order chi connectivity index (χ0) is 31.0. The van der Waals surface area contributed by atoms with Crippen LogP contribution in [0.3, 0.4) is 0 Å². The summed E-state index contributed by atoms with van der Waals surface area (Å²) >= 11 is 5.83. The van der Waals surface area contributed by atoms with Gasteiger partial charge in [-0.3, -0.25) is 19.8 Å². The Morgan fingerprint density at radius 1 is 0.905 bits per heavy atom. The molecule has 0 radical (unpaired) electrons. The molecule has 0 spiro atoms. The summed E-state index contributed by atoms with van der Waals surface area (Å²) in [6.07, 6.45) is 20.4. The minimum atomic E-state index is -0.879. The summed E-state index contributed by atoms with van der Waals surface area (Å²) in [5.41, 5.74) is 0.755. The maximum absolute atomic E-state index is 12.6. The van der Waals surface area contributed by atoms with E-state index in [0.29, 0.717) is 11.7 Å². The average molecular weight is 611 g/mol. The van der Waals surface area contributed by atoms with Gasteiger partial charge >= 0.3 is 12.1 Å². The molecule has 1 rings (SSSR count). The fourth-order valence-electron chi connectivity index (χ4n) is 4.60. The van der Waals surface area contributed by atoms with Crippen LogP contribution in [-0.4, -0.2) is 52.2 Å². The molecule has 1 aromatic heterocycles. The number of carbonyl (C=O) groups excluding carboxylic acids is 2. The van der Waals surface area contributed by atoms with E-state index in [1.165, 1.54) is 84.1 Å². The van der Waals surface area contributed by atoms with Crippen LogP contribution in [0.5, 0.6) is 0 Å². The van der Waals surface area contributed by atoms with E-state index in [9.17, 15) is 19.7 Å². The van der Waals surface area contributed by atoms with Crippen LogP contribution in [0.15, 0.2) is 30.4 Å². The van der Waals surface area contributed by atoms with Crippen molar-refractivity contribution in [3.8, 4) is 0 Å². The Morgan fingerprint density at radius 2 is 1.45 bits per heavy atom. The maximum Gasteiger partial charge on any atom is 0.418 e. The van der Waals surface area contributed by atoms with Crippen molar-refractivity contribution in [1.82, 2.24) is 14.8 Å². The molecule has 0 aliphatic carbocycles. The Hall–Kier alpha value is -2.88. The van der Waals surface area contributed by atoms with Gasteiger partial charge in [0.05, 0.1) is 4.92 Å². The average Bonchev–Trinajstić information content (AvgIpc) is 2.97. The van der Waals surface area contributed by atoms with Crippen LogP contribution in [0.4, 0.5) is 4.79 Å². The number of rotatable bonds is 24.